The third-order valence-electron chi connectivity index (χ3n) is 5.39. The van der Waals surface area contributed by atoms with Crippen LogP contribution in [0.15, 0.2) is 52.4 Å². The summed E-state index contributed by atoms with van der Waals surface area (Å²) < 4.78 is 7.37. The Balaban J connectivity index is 1.50. The lowest BCUT2D eigenvalue weighted by molar-refractivity contribution is -0.119. The van der Waals surface area contributed by atoms with Crippen LogP contribution in [0.3, 0.4) is 0 Å². The second kappa shape index (κ2) is 10.3. The van der Waals surface area contributed by atoms with E-state index in [0.29, 0.717) is 39.3 Å². The van der Waals surface area contributed by atoms with Crippen LogP contribution in [0.4, 0.5) is 0 Å². The lowest BCUT2D eigenvalue weighted by Gasteiger charge is -2.17. The third kappa shape index (κ3) is 5.29. The van der Waals surface area contributed by atoms with Crippen LogP contribution in [0.1, 0.15) is 31.4 Å². The van der Waals surface area contributed by atoms with Gasteiger partial charge in [-0.15, -0.1) is 0 Å². The van der Waals surface area contributed by atoms with Crippen LogP contribution in [0.25, 0.3) is 10.9 Å². The molecule has 1 N–H and O–H groups in total. The fraction of sp³-hybridized carbons (Fsp3) is 0.348. The maximum Gasteiger partial charge on any atom is 0.262 e. The van der Waals surface area contributed by atoms with E-state index in [0.717, 1.165) is 18.4 Å². The summed E-state index contributed by atoms with van der Waals surface area (Å²) in [5.74, 6) is -0.0400. The molecule has 0 saturated carbocycles. The van der Waals surface area contributed by atoms with Gasteiger partial charge < -0.3 is 10.1 Å². The van der Waals surface area contributed by atoms with Gasteiger partial charge in [0.2, 0.25) is 5.91 Å². The first-order valence-electron chi connectivity index (χ1n) is 10.4. The van der Waals surface area contributed by atoms with Gasteiger partial charge in [-0.1, -0.05) is 53.2 Å². The molecule has 2 aromatic carbocycles. The van der Waals surface area contributed by atoms with Gasteiger partial charge in [0, 0.05) is 6.61 Å². The van der Waals surface area contributed by atoms with Crippen molar-refractivity contribution in [3.63, 3.8) is 0 Å². The summed E-state index contributed by atoms with van der Waals surface area (Å²) in [6.07, 6.45) is 1.88. The minimum atomic E-state index is -0.239. The lowest BCUT2D eigenvalue weighted by atomic mass is 10.1. The largest absolute Gasteiger partial charge is 0.376 e. The van der Waals surface area contributed by atoms with Gasteiger partial charge in [0.1, 0.15) is 0 Å². The zero-order valence-corrected chi connectivity index (χ0v) is 19.8. The van der Waals surface area contributed by atoms with E-state index in [1.165, 1.54) is 11.8 Å². The number of ether oxygens (including phenoxy) is 1. The summed E-state index contributed by atoms with van der Waals surface area (Å²) in [4.78, 5) is 30.4. The van der Waals surface area contributed by atoms with Gasteiger partial charge in [0.25, 0.3) is 5.56 Å². The van der Waals surface area contributed by atoms with Crippen molar-refractivity contribution in [3.05, 3.63) is 68.4 Å². The Morgan fingerprint density at radius 2 is 2.09 bits per heavy atom. The Kier molecular flexibility index (Phi) is 7.40. The Bertz CT molecular complexity index is 1190. The quantitative estimate of drug-likeness (QED) is 0.377. The zero-order chi connectivity index (χ0) is 22.7. The molecule has 2 heterocycles. The fourth-order valence-electron chi connectivity index (χ4n) is 3.69. The summed E-state index contributed by atoms with van der Waals surface area (Å²) in [7, 11) is 0. The highest BCUT2D eigenvalue weighted by molar-refractivity contribution is 7.99. The molecule has 1 fully saturated rings. The van der Waals surface area contributed by atoms with Gasteiger partial charge in [-0.25, -0.2) is 4.98 Å². The average Bonchev–Trinajstić information content (AvgIpc) is 3.29. The molecular formula is C23H23Cl2N3O3S. The normalized spacial score (nSPS) is 16.9. The topological polar surface area (TPSA) is 73.2 Å². The van der Waals surface area contributed by atoms with Gasteiger partial charge >= 0.3 is 0 Å². The average molecular weight is 492 g/mol. The minimum absolute atomic E-state index is 0.0153. The molecule has 2 atom stereocenters. The van der Waals surface area contributed by atoms with Gasteiger partial charge in [-0.2, -0.15) is 0 Å². The molecule has 6 nitrogen and oxygen atoms in total. The molecule has 4 rings (SSSR count). The molecule has 3 aromatic rings. The van der Waals surface area contributed by atoms with Crippen LogP contribution >= 0.6 is 35.0 Å². The van der Waals surface area contributed by atoms with E-state index >= 15 is 0 Å². The zero-order valence-electron chi connectivity index (χ0n) is 17.5. The molecular weight excluding hydrogens is 469 g/mol. The number of nitrogens with zero attached hydrogens (tertiary/aromatic N) is 2. The van der Waals surface area contributed by atoms with E-state index in [2.05, 4.69) is 10.3 Å². The summed E-state index contributed by atoms with van der Waals surface area (Å²) in [6, 6.07) is 12.3. The Labute approximate surface area is 200 Å². The van der Waals surface area contributed by atoms with Gasteiger partial charge in [0.05, 0.1) is 45.4 Å². The Hall–Kier alpha value is -2.06. The molecule has 168 valence electrons. The van der Waals surface area contributed by atoms with E-state index in [4.69, 9.17) is 27.9 Å². The number of aromatic nitrogens is 2. The number of fused-ring (bicyclic) bond motifs is 1. The second-order valence-electron chi connectivity index (χ2n) is 7.71. The predicted octanol–water partition coefficient (Wildman–Crippen LogP) is 4.85. The number of benzene rings is 2. The van der Waals surface area contributed by atoms with Crippen molar-refractivity contribution in [2.24, 2.45) is 0 Å². The standard InChI is InChI=1S/C23H23Cl2N3O3S/c1-14(15-8-9-18(24)19(25)11-15)26-21(29)13-32-23-27-20-7-3-2-6-17(20)22(30)28(23)12-16-5-4-10-31-16/h2-3,6-9,11,14,16H,4-5,10,12-13H2,1H3,(H,26,29). The molecule has 1 aromatic heterocycles. The number of carbonyl (C=O) groups excluding carboxylic acids is 1. The highest BCUT2D eigenvalue weighted by atomic mass is 35.5. The molecule has 1 saturated heterocycles. The highest BCUT2D eigenvalue weighted by Gasteiger charge is 2.21. The molecule has 2 unspecified atom stereocenters. The lowest BCUT2D eigenvalue weighted by Crippen LogP contribution is -2.30. The Morgan fingerprint density at radius 1 is 1.28 bits per heavy atom. The second-order valence-corrected chi connectivity index (χ2v) is 9.47. The first-order chi connectivity index (χ1) is 15.4. The van der Waals surface area contributed by atoms with Crippen molar-refractivity contribution >= 4 is 51.8 Å². The Morgan fingerprint density at radius 3 is 2.84 bits per heavy atom. The van der Waals surface area contributed by atoms with E-state index < -0.39 is 0 Å². The highest BCUT2D eigenvalue weighted by Crippen LogP contribution is 2.26. The van der Waals surface area contributed by atoms with Crippen LogP contribution in [-0.2, 0) is 16.1 Å². The number of carbonyl (C=O) groups is 1. The maximum absolute atomic E-state index is 13.1. The number of halogens is 2. The number of para-hydroxylation sites is 1. The van der Waals surface area contributed by atoms with E-state index in [1.54, 1.807) is 22.8 Å². The number of rotatable bonds is 7. The summed E-state index contributed by atoms with van der Waals surface area (Å²) in [6.45, 7) is 3.02. The molecule has 1 aliphatic heterocycles. The van der Waals surface area contributed by atoms with Crippen LogP contribution in [0.2, 0.25) is 10.0 Å². The predicted molar refractivity (Wildman–Crippen MR) is 129 cm³/mol. The summed E-state index contributed by atoms with van der Waals surface area (Å²) in [5, 5.41) is 4.95. The van der Waals surface area contributed by atoms with E-state index in [1.807, 2.05) is 31.2 Å². The SMILES string of the molecule is CC(NC(=O)CSc1nc2ccccc2c(=O)n1CC1CCCO1)c1ccc(Cl)c(Cl)c1. The van der Waals surface area contributed by atoms with Crippen molar-refractivity contribution < 1.29 is 9.53 Å². The van der Waals surface area contributed by atoms with E-state index in [-0.39, 0.29) is 29.4 Å². The van der Waals surface area contributed by atoms with Gasteiger partial charge in [-0.3, -0.25) is 14.2 Å². The molecule has 32 heavy (non-hydrogen) atoms. The van der Waals surface area contributed by atoms with Crippen LogP contribution in [0, 0.1) is 0 Å². The molecule has 0 bridgehead atoms. The van der Waals surface area contributed by atoms with Crippen molar-refractivity contribution in [3.8, 4) is 0 Å². The summed E-state index contributed by atoms with van der Waals surface area (Å²) >= 11 is 13.3. The number of thioether (sulfide) groups is 1. The van der Waals surface area contributed by atoms with Crippen molar-refractivity contribution in [2.45, 2.75) is 43.6 Å². The van der Waals surface area contributed by atoms with Crippen molar-refractivity contribution in [2.75, 3.05) is 12.4 Å². The number of nitrogens with one attached hydrogen (secondary N) is 1. The summed E-state index contributed by atoms with van der Waals surface area (Å²) in [5.41, 5.74) is 1.36. The molecule has 0 spiro atoms. The smallest absolute Gasteiger partial charge is 0.262 e. The third-order valence-corrected chi connectivity index (χ3v) is 7.11. The first-order valence-corrected chi connectivity index (χ1v) is 12.1. The molecule has 1 aliphatic rings. The van der Waals surface area contributed by atoms with Crippen molar-refractivity contribution in [1.82, 2.24) is 14.9 Å². The molecule has 0 aliphatic carbocycles. The van der Waals surface area contributed by atoms with Crippen LogP contribution in [0.5, 0.6) is 0 Å². The van der Waals surface area contributed by atoms with Crippen LogP contribution < -0.4 is 10.9 Å². The number of hydrogen-bond acceptors (Lipinski definition) is 5. The van der Waals surface area contributed by atoms with Gasteiger partial charge in [0.15, 0.2) is 5.16 Å². The van der Waals surface area contributed by atoms with E-state index in [9.17, 15) is 9.59 Å². The number of amides is 1. The minimum Gasteiger partial charge on any atom is -0.376 e. The van der Waals surface area contributed by atoms with Crippen LogP contribution in [-0.4, -0.2) is 33.9 Å². The van der Waals surface area contributed by atoms with Gasteiger partial charge in [-0.05, 0) is 49.6 Å². The molecule has 0 radical (unpaired) electrons. The maximum atomic E-state index is 13.1. The molecule has 9 heteroatoms. The first kappa shape index (κ1) is 23.1. The fourth-order valence-corrected chi connectivity index (χ4v) is 4.82. The van der Waals surface area contributed by atoms with Crippen molar-refractivity contribution in [1.29, 1.82) is 0 Å². The number of hydrogen-bond donors (Lipinski definition) is 1. The monoisotopic (exact) mass is 491 g/mol. The molecule has 1 amide bonds.